The van der Waals surface area contributed by atoms with Gasteiger partial charge >= 0.3 is 0 Å². The molecule has 1 heterocycles. The van der Waals surface area contributed by atoms with Crippen molar-refractivity contribution in [2.45, 2.75) is 39.8 Å². The highest BCUT2D eigenvalue weighted by Crippen LogP contribution is 2.19. The number of benzene rings is 1. The predicted molar refractivity (Wildman–Crippen MR) is 76.4 cm³/mol. The molecule has 1 aromatic heterocycles. The molecule has 5 nitrogen and oxygen atoms in total. The lowest BCUT2D eigenvalue weighted by molar-refractivity contribution is 0.234. The van der Waals surface area contributed by atoms with Crippen LogP contribution in [0.2, 0.25) is 0 Å². The van der Waals surface area contributed by atoms with E-state index >= 15 is 0 Å². The van der Waals surface area contributed by atoms with Crippen LogP contribution in [0, 0.1) is 5.82 Å². The minimum absolute atomic E-state index is 0.0696. The van der Waals surface area contributed by atoms with E-state index in [0.29, 0.717) is 18.3 Å². The number of ether oxygens (including phenoxy) is 1. The quantitative estimate of drug-likeness (QED) is 0.811. The normalized spacial score (nSPS) is 10.8. The van der Waals surface area contributed by atoms with Crippen LogP contribution in [0.15, 0.2) is 22.7 Å². The Morgan fingerprint density at radius 2 is 2.19 bits per heavy atom. The van der Waals surface area contributed by atoms with Crippen molar-refractivity contribution < 1.29 is 13.7 Å². The van der Waals surface area contributed by atoms with Gasteiger partial charge in [-0.3, -0.25) is 0 Å². The Labute approximate surface area is 123 Å². The Bertz CT molecular complexity index is 572. The number of rotatable bonds is 8. The summed E-state index contributed by atoms with van der Waals surface area (Å²) in [7, 11) is 0. The van der Waals surface area contributed by atoms with E-state index in [4.69, 9.17) is 9.26 Å². The molecule has 1 aromatic carbocycles. The molecular weight excluding hydrogens is 273 g/mol. The van der Waals surface area contributed by atoms with E-state index in [0.717, 1.165) is 24.9 Å². The molecule has 0 saturated carbocycles. The smallest absolute Gasteiger partial charge is 0.264 e. The zero-order chi connectivity index (χ0) is 15.1. The topological polar surface area (TPSA) is 60.2 Å². The fourth-order valence-corrected chi connectivity index (χ4v) is 1.85. The summed E-state index contributed by atoms with van der Waals surface area (Å²) < 4.78 is 24.3. The van der Waals surface area contributed by atoms with Gasteiger partial charge in [-0.15, -0.1) is 0 Å². The molecule has 0 aliphatic carbocycles. The fraction of sp³-hybridized carbons (Fsp3) is 0.467. The van der Waals surface area contributed by atoms with Crippen molar-refractivity contribution in [3.63, 3.8) is 0 Å². The average Bonchev–Trinajstić information content (AvgIpc) is 2.92. The molecule has 114 valence electrons. The van der Waals surface area contributed by atoms with Crippen molar-refractivity contribution in [3.05, 3.63) is 41.3 Å². The second-order valence-electron chi connectivity index (χ2n) is 4.69. The molecule has 0 radical (unpaired) electrons. The van der Waals surface area contributed by atoms with Gasteiger partial charge in [0.15, 0.2) is 24.0 Å². The standard InChI is InChI=1S/C15H20FN3O2/c1-3-5-14-18-15(21-19-14)10-20-13-7-6-11(8-12(13)16)9-17-4-2/h6-8,17H,3-5,9-10H2,1-2H3. The van der Waals surface area contributed by atoms with Crippen LogP contribution in [-0.4, -0.2) is 16.7 Å². The van der Waals surface area contributed by atoms with E-state index in [2.05, 4.69) is 15.5 Å². The minimum atomic E-state index is -0.390. The van der Waals surface area contributed by atoms with Crippen molar-refractivity contribution in [2.75, 3.05) is 6.54 Å². The summed E-state index contributed by atoms with van der Waals surface area (Å²) in [5, 5.41) is 6.96. The van der Waals surface area contributed by atoms with Crippen LogP contribution in [-0.2, 0) is 19.6 Å². The second-order valence-corrected chi connectivity index (χ2v) is 4.69. The van der Waals surface area contributed by atoms with Crippen molar-refractivity contribution in [1.82, 2.24) is 15.5 Å². The Kier molecular flexibility index (Phi) is 5.68. The highest BCUT2D eigenvalue weighted by atomic mass is 19.1. The third-order valence-corrected chi connectivity index (χ3v) is 2.91. The molecule has 0 spiro atoms. The lowest BCUT2D eigenvalue weighted by Crippen LogP contribution is -2.11. The second kappa shape index (κ2) is 7.73. The summed E-state index contributed by atoms with van der Waals surface area (Å²) in [5.74, 6) is 0.802. The van der Waals surface area contributed by atoms with Gasteiger partial charge in [-0.25, -0.2) is 4.39 Å². The minimum Gasteiger partial charge on any atom is -0.481 e. The molecule has 21 heavy (non-hydrogen) atoms. The molecule has 0 aliphatic rings. The average molecular weight is 293 g/mol. The third-order valence-electron chi connectivity index (χ3n) is 2.91. The Balaban J connectivity index is 1.92. The number of halogens is 1. The molecule has 0 aliphatic heterocycles. The van der Waals surface area contributed by atoms with Crippen molar-refractivity contribution in [2.24, 2.45) is 0 Å². The van der Waals surface area contributed by atoms with Crippen LogP contribution >= 0.6 is 0 Å². The lowest BCUT2D eigenvalue weighted by Gasteiger charge is -2.07. The molecule has 1 N–H and O–H groups in total. The van der Waals surface area contributed by atoms with Crippen molar-refractivity contribution in [1.29, 1.82) is 0 Å². The van der Waals surface area contributed by atoms with Gasteiger partial charge in [0.2, 0.25) is 0 Å². The van der Waals surface area contributed by atoms with Crippen LogP contribution in [0.5, 0.6) is 5.75 Å². The highest BCUT2D eigenvalue weighted by Gasteiger charge is 2.09. The molecule has 0 bridgehead atoms. The number of nitrogens with zero attached hydrogens (tertiary/aromatic N) is 2. The van der Waals surface area contributed by atoms with Crippen molar-refractivity contribution >= 4 is 0 Å². The van der Waals surface area contributed by atoms with E-state index < -0.39 is 5.82 Å². The van der Waals surface area contributed by atoms with Gasteiger partial charge in [-0.2, -0.15) is 4.98 Å². The van der Waals surface area contributed by atoms with Crippen LogP contribution in [0.4, 0.5) is 4.39 Å². The SMILES string of the molecule is CCCc1noc(COc2ccc(CNCC)cc2F)n1. The maximum absolute atomic E-state index is 13.9. The highest BCUT2D eigenvalue weighted by molar-refractivity contribution is 5.29. The van der Waals surface area contributed by atoms with Gasteiger partial charge < -0.3 is 14.6 Å². The summed E-state index contributed by atoms with van der Waals surface area (Å²) in [4.78, 5) is 4.17. The van der Waals surface area contributed by atoms with Gasteiger partial charge in [0, 0.05) is 13.0 Å². The first-order valence-electron chi connectivity index (χ1n) is 7.16. The van der Waals surface area contributed by atoms with E-state index in [9.17, 15) is 4.39 Å². The van der Waals surface area contributed by atoms with Gasteiger partial charge in [0.25, 0.3) is 5.89 Å². The van der Waals surface area contributed by atoms with Gasteiger partial charge in [0.05, 0.1) is 0 Å². The molecule has 0 unspecified atom stereocenters. The van der Waals surface area contributed by atoms with Crippen LogP contribution in [0.3, 0.4) is 0 Å². The largest absolute Gasteiger partial charge is 0.481 e. The van der Waals surface area contributed by atoms with Gasteiger partial charge in [0.1, 0.15) is 0 Å². The summed E-state index contributed by atoms with van der Waals surface area (Å²) >= 11 is 0. The maximum Gasteiger partial charge on any atom is 0.264 e. The Morgan fingerprint density at radius 1 is 1.33 bits per heavy atom. The Morgan fingerprint density at radius 3 is 2.90 bits per heavy atom. The molecule has 6 heteroatoms. The lowest BCUT2D eigenvalue weighted by atomic mass is 10.2. The molecule has 2 rings (SSSR count). The van der Waals surface area contributed by atoms with Crippen LogP contribution in [0.1, 0.15) is 37.5 Å². The van der Waals surface area contributed by atoms with Gasteiger partial charge in [-0.05, 0) is 30.7 Å². The van der Waals surface area contributed by atoms with E-state index in [1.165, 1.54) is 6.07 Å². The fourth-order valence-electron chi connectivity index (χ4n) is 1.85. The summed E-state index contributed by atoms with van der Waals surface area (Å²) in [6.45, 7) is 5.59. The van der Waals surface area contributed by atoms with Crippen LogP contribution < -0.4 is 10.1 Å². The zero-order valence-electron chi connectivity index (χ0n) is 12.4. The van der Waals surface area contributed by atoms with Gasteiger partial charge in [-0.1, -0.05) is 25.1 Å². The number of nitrogens with one attached hydrogen (secondary N) is 1. The molecule has 0 saturated heterocycles. The molecular formula is C15H20FN3O2. The molecule has 0 fully saturated rings. The van der Waals surface area contributed by atoms with Crippen LogP contribution in [0.25, 0.3) is 0 Å². The molecule has 0 amide bonds. The van der Waals surface area contributed by atoms with E-state index in [1.807, 2.05) is 19.9 Å². The first kappa shape index (κ1) is 15.4. The maximum atomic E-state index is 13.9. The first-order valence-corrected chi connectivity index (χ1v) is 7.16. The summed E-state index contributed by atoms with van der Waals surface area (Å²) in [5.41, 5.74) is 0.879. The monoisotopic (exact) mass is 293 g/mol. The number of hydrogen-bond acceptors (Lipinski definition) is 5. The zero-order valence-corrected chi connectivity index (χ0v) is 12.4. The third kappa shape index (κ3) is 4.53. The van der Waals surface area contributed by atoms with Crippen molar-refractivity contribution in [3.8, 4) is 5.75 Å². The number of aromatic nitrogens is 2. The number of aryl methyl sites for hydroxylation is 1. The molecule has 2 aromatic rings. The molecule has 0 atom stereocenters. The van der Waals surface area contributed by atoms with E-state index in [-0.39, 0.29) is 12.4 Å². The Hall–Kier alpha value is -1.95. The summed E-state index contributed by atoms with van der Waals surface area (Å²) in [6, 6.07) is 4.91. The first-order chi connectivity index (χ1) is 10.2. The number of hydrogen-bond donors (Lipinski definition) is 1. The predicted octanol–water partition coefficient (Wildman–Crippen LogP) is 2.85. The van der Waals surface area contributed by atoms with E-state index in [1.54, 1.807) is 6.07 Å². The summed E-state index contributed by atoms with van der Waals surface area (Å²) in [6.07, 6.45) is 1.71.